The summed E-state index contributed by atoms with van der Waals surface area (Å²) in [5.41, 5.74) is 2.07. The van der Waals surface area contributed by atoms with Gasteiger partial charge in [-0.3, -0.25) is 4.98 Å². The average molecular weight is 384 g/mol. The summed E-state index contributed by atoms with van der Waals surface area (Å²) in [6.07, 6.45) is 5.48. The molecule has 3 aromatic rings. The zero-order valence-corrected chi connectivity index (χ0v) is 15.8. The minimum absolute atomic E-state index is 0.0230. The van der Waals surface area contributed by atoms with Gasteiger partial charge >= 0.3 is 0 Å². The maximum Gasteiger partial charge on any atom is 0.170 e. The van der Waals surface area contributed by atoms with Crippen molar-refractivity contribution in [2.24, 2.45) is 0 Å². The van der Waals surface area contributed by atoms with Crippen LogP contribution in [0.15, 0.2) is 61.1 Å². The molecule has 0 bridgehead atoms. The number of pyridine rings is 2. The number of nitrogens with one attached hydrogen (secondary N) is 1. The van der Waals surface area contributed by atoms with Crippen molar-refractivity contribution < 1.29 is 0 Å². The molecule has 132 valence electrons. The van der Waals surface area contributed by atoms with Gasteiger partial charge in [0.15, 0.2) is 5.11 Å². The van der Waals surface area contributed by atoms with Gasteiger partial charge in [-0.15, -0.1) is 0 Å². The summed E-state index contributed by atoms with van der Waals surface area (Å²) in [5.74, 6) is 0.822. The molecule has 1 fully saturated rings. The number of rotatable bonds is 4. The Kier molecular flexibility index (Phi) is 4.61. The van der Waals surface area contributed by atoms with Gasteiger partial charge in [-0.25, -0.2) is 4.98 Å². The predicted molar refractivity (Wildman–Crippen MR) is 106 cm³/mol. The lowest BCUT2D eigenvalue weighted by Crippen LogP contribution is -2.30. The largest absolute Gasteiger partial charge is 0.352 e. The molecule has 1 N–H and O–H groups in total. The fraction of sp³-hybridized carbons (Fsp3) is 0.211. The summed E-state index contributed by atoms with van der Waals surface area (Å²) in [7, 11) is 0. The molecular weight excluding hydrogens is 366 g/mol. The number of thiocarbonyl (C=S) groups is 1. The first kappa shape index (κ1) is 17.0. The molecule has 1 saturated heterocycles. The molecule has 5 nitrogen and oxygen atoms in total. The van der Waals surface area contributed by atoms with Crippen molar-refractivity contribution in [3.8, 4) is 5.82 Å². The Bertz CT molecular complexity index is 909. The molecule has 0 amide bonds. The van der Waals surface area contributed by atoms with Gasteiger partial charge in [0.25, 0.3) is 0 Å². The SMILES string of the molecule is CCN1C(=S)N[C@@H](c2ccccn2)[C@H]1c1cccn1-c1ccc(Cl)cn1. The van der Waals surface area contributed by atoms with Gasteiger partial charge in [-0.05, 0) is 55.5 Å². The van der Waals surface area contributed by atoms with E-state index in [-0.39, 0.29) is 12.1 Å². The van der Waals surface area contributed by atoms with Crippen molar-refractivity contribution >= 4 is 28.9 Å². The third kappa shape index (κ3) is 2.95. The molecule has 0 saturated carbocycles. The Labute approximate surface area is 162 Å². The molecule has 0 aromatic carbocycles. The summed E-state index contributed by atoms with van der Waals surface area (Å²) in [5, 5.41) is 4.80. The fourth-order valence-corrected chi connectivity index (χ4v) is 3.90. The van der Waals surface area contributed by atoms with E-state index in [1.807, 2.05) is 48.8 Å². The van der Waals surface area contributed by atoms with Crippen LogP contribution in [0.3, 0.4) is 0 Å². The number of likely N-dealkylation sites (N-methyl/N-ethyl adjacent to an activating group) is 1. The number of hydrogen-bond acceptors (Lipinski definition) is 3. The first-order chi connectivity index (χ1) is 12.7. The molecule has 2 atom stereocenters. The summed E-state index contributed by atoms with van der Waals surface area (Å²) in [6.45, 7) is 2.91. The van der Waals surface area contributed by atoms with Crippen molar-refractivity contribution in [2.75, 3.05) is 6.54 Å². The van der Waals surface area contributed by atoms with Crippen LogP contribution in [-0.2, 0) is 0 Å². The molecule has 26 heavy (non-hydrogen) atoms. The lowest BCUT2D eigenvalue weighted by atomic mass is 10.0. The van der Waals surface area contributed by atoms with Gasteiger partial charge in [-0.1, -0.05) is 17.7 Å². The van der Waals surface area contributed by atoms with Crippen molar-refractivity contribution in [2.45, 2.75) is 19.0 Å². The molecule has 0 spiro atoms. The minimum atomic E-state index is -0.0235. The second-order valence-electron chi connectivity index (χ2n) is 6.05. The van der Waals surface area contributed by atoms with E-state index in [0.717, 1.165) is 28.9 Å². The van der Waals surface area contributed by atoms with E-state index < -0.39 is 0 Å². The van der Waals surface area contributed by atoms with Crippen molar-refractivity contribution in [3.63, 3.8) is 0 Å². The van der Waals surface area contributed by atoms with Crippen LogP contribution in [0.4, 0.5) is 0 Å². The number of halogens is 1. The Hall–Kier alpha value is -2.44. The van der Waals surface area contributed by atoms with Gasteiger partial charge in [0.1, 0.15) is 5.82 Å². The van der Waals surface area contributed by atoms with E-state index in [1.165, 1.54) is 0 Å². The fourth-order valence-electron chi connectivity index (χ4n) is 3.42. The lowest BCUT2D eigenvalue weighted by Gasteiger charge is -2.27. The first-order valence-corrected chi connectivity index (χ1v) is 9.25. The predicted octanol–water partition coefficient (Wildman–Crippen LogP) is 3.91. The van der Waals surface area contributed by atoms with E-state index in [9.17, 15) is 0 Å². The first-order valence-electron chi connectivity index (χ1n) is 8.46. The normalized spacial score (nSPS) is 19.6. The van der Waals surface area contributed by atoms with Crippen molar-refractivity contribution in [3.05, 3.63) is 77.5 Å². The maximum absolute atomic E-state index is 5.99. The molecule has 0 unspecified atom stereocenters. The molecule has 1 aliphatic heterocycles. The number of nitrogens with zero attached hydrogens (tertiary/aromatic N) is 4. The smallest absolute Gasteiger partial charge is 0.170 e. The second-order valence-corrected chi connectivity index (χ2v) is 6.87. The summed E-state index contributed by atoms with van der Waals surface area (Å²) in [4.78, 5) is 11.2. The van der Waals surface area contributed by atoms with E-state index in [1.54, 1.807) is 6.20 Å². The molecule has 0 radical (unpaired) electrons. The Morgan fingerprint density at radius 1 is 1.15 bits per heavy atom. The van der Waals surface area contributed by atoms with E-state index in [4.69, 9.17) is 23.8 Å². The van der Waals surface area contributed by atoms with Gasteiger partial charge in [0.05, 0.1) is 22.8 Å². The average Bonchev–Trinajstić information content (AvgIpc) is 3.27. The van der Waals surface area contributed by atoms with Crippen LogP contribution in [0.1, 0.15) is 30.4 Å². The summed E-state index contributed by atoms with van der Waals surface area (Å²) >= 11 is 11.6. The topological polar surface area (TPSA) is 46.0 Å². The van der Waals surface area contributed by atoms with Crippen LogP contribution >= 0.6 is 23.8 Å². The lowest BCUT2D eigenvalue weighted by molar-refractivity contribution is 0.321. The maximum atomic E-state index is 5.99. The van der Waals surface area contributed by atoms with Gasteiger partial charge in [0, 0.05) is 30.8 Å². The monoisotopic (exact) mass is 383 g/mol. The van der Waals surface area contributed by atoms with Crippen LogP contribution in [0.25, 0.3) is 5.82 Å². The highest BCUT2D eigenvalue weighted by atomic mass is 35.5. The van der Waals surface area contributed by atoms with Crippen LogP contribution in [0, 0.1) is 0 Å². The van der Waals surface area contributed by atoms with Gasteiger partial charge < -0.3 is 14.8 Å². The van der Waals surface area contributed by atoms with E-state index >= 15 is 0 Å². The van der Waals surface area contributed by atoms with E-state index in [2.05, 4.69) is 37.7 Å². The molecular formula is C19H18ClN5S. The van der Waals surface area contributed by atoms with Crippen LogP contribution in [0.2, 0.25) is 5.02 Å². The number of aromatic nitrogens is 3. The zero-order valence-electron chi connectivity index (χ0n) is 14.2. The minimum Gasteiger partial charge on any atom is -0.352 e. The Morgan fingerprint density at radius 3 is 2.73 bits per heavy atom. The molecule has 0 aliphatic carbocycles. The summed E-state index contributed by atoms with van der Waals surface area (Å²) < 4.78 is 2.08. The quantitative estimate of drug-likeness (QED) is 0.692. The highest BCUT2D eigenvalue weighted by molar-refractivity contribution is 7.80. The Morgan fingerprint density at radius 2 is 2.04 bits per heavy atom. The highest BCUT2D eigenvalue weighted by Gasteiger charge is 2.40. The van der Waals surface area contributed by atoms with Crippen LogP contribution in [0.5, 0.6) is 0 Å². The second kappa shape index (κ2) is 7.05. The van der Waals surface area contributed by atoms with Crippen molar-refractivity contribution in [1.82, 2.24) is 24.8 Å². The Balaban J connectivity index is 1.80. The van der Waals surface area contributed by atoms with Gasteiger partial charge in [0.2, 0.25) is 0 Å². The molecule has 4 rings (SSSR count). The molecule has 4 heterocycles. The van der Waals surface area contributed by atoms with Crippen LogP contribution < -0.4 is 5.32 Å². The highest BCUT2D eigenvalue weighted by Crippen LogP contribution is 2.39. The third-order valence-electron chi connectivity index (χ3n) is 4.58. The molecule has 7 heteroatoms. The molecule has 3 aromatic heterocycles. The van der Waals surface area contributed by atoms with E-state index in [0.29, 0.717) is 5.02 Å². The summed E-state index contributed by atoms with van der Waals surface area (Å²) in [6, 6.07) is 13.8. The van der Waals surface area contributed by atoms with Gasteiger partial charge in [-0.2, -0.15) is 0 Å². The number of hydrogen-bond donors (Lipinski definition) is 1. The third-order valence-corrected chi connectivity index (χ3v) is 5.16. The molecule has 1 aliphatic rings. The zero-order chi connectivity index (χ0) is 18.1. The standard InChI is InChI=1S/C19H18ClN5S/c1-2-24-18(17(23-19(24)26)14-6-3-4-10-21-14)15-7-5-11-25(15)16-9-8-13(20)12-22-16/h3-12,17-18H,2H2,1H3,(H,23,26)/t17-,18+/m0/s1. The van der Waals surface area contributed by atoms with Crippen LogP contribution in [-0.4, -0.2) is 31.1 Å². The van der Waals surface area contributed by atoms with Crippen molar-refractivity contribution in [1.29, 1.82) is 0 Å².